The molecular formula is C20H17ClFNO3. The molecule has 0 fully saturated rings. The molecule has 0 aliphatic heterocycles. The number of rotatable bonds is 6. The van der Waals surface area contributed by atoms with E-state index in [1.807, 2.05) is 13.0 Å². The van der Waals surface area contributed by atoms with Crippen molar-refractivity contribution < 1.29 is 18.3 Å². The summed E-state index contributed by atoms with van der Waals surface area (Å²) in [6, 6.07) is 14.6. The second kappa shape index (κ2) is 8.06. The van der Waals surface area contributed by atoms with Crippen LogP contribution in [-0.4, -0.2) is 5.91 Å². The number of carbonyl (C=O) groups is 1. The summed E-state index contributed by atoms with van der Waals surface area (Å²) in [6.07, 6.45) is 0. The topological polar surface area (TPSA) is 51.5 Å². The lowest BCUT2D eigenvalue weighted by atomic mass is 10.2. The van der Waals surface area contributed by atoms with Gasteiger partial charge in [-0.3, -0.25) is 4.79 Å². The van der Waals surface area contributed by atoms with E-state index in [-0.39, 0.29) is 30.6 Å². The molecule has 0 unspecified atom stereocenters. The van der Waals surface area contributed by atoms with Crippen molar-refractivity contribution in [3.8, 4) is 5.75 Å². The summed E-state index contributed by atoms with van der Waals surface area (Å²) in [5.41, 5.74) is 1.72. The lowest BCUT2D eigenvalue weighted by Crippen LogP contribution is -2.22. The normalized spacial score (nSPS) is 10.6. The van der Waals surface area contributed by atoms with Crippen LogP contribution in [0.3, 0.4) is 0 Å². The lowest BCUT2D eigenvalue weighted by molar-refractivity contribution is 0.0919. The molecule has 3 rings (SSSR count). The van der Waals surface area contributed by atoms with Crippen LogP contribution in [0.4, 0.5) is 4.39 Å². The molecule has 0 atom stereocenters. The minimum atomic E-state index is -0.345. The van der Waals surface area contributed by atoms with Crippen molar-refractivity contribution in [3.05, 3.63) is 88.1 Å². The third kappa shape index (κ3) is 4.64. The van der Waals surface area contributed by atoms with Crippen molar-refractivity contribution in [3.63, 3.8) is 0 Å². The van der Waals surface area contributed by atoms with E-state index in [1.54, 1.807) is 36.4 Å². The van der Waals surface area contributed by atoms with Crippen LogP contribution in [0.15, 0.2) is 59.0 Å². The Kier molecular flexibility index (Phi) is 5.58. The van der Waals surface area contributed by atoms with Crippen molar-refractivity contribution in [1.82, 2.24) is 5.32 Å². The summed E-state index contributed by atoms with van der Waals surface area (Å²) in [4.78, 5) is 12.1. The predicted octanol–water partition coefficient (Wildman–Crippen LogP) is 4.89. The van der Waals surface area contributed by atoms with Crippen LogP contribution >= 0.6 is 11.6 Å². The third-order valence-corrected chi connectivity index (χ3v) is 4.19. The molecule has 1 amide bonds. The first-order valence-corrected chi connectivity index (χ1v) is 8.39. The highest BCUT2D eigenvalue weighted by Crippen LogP contribution is 2.22. The first-order valence-electron chi connectivity index (χ1n) is 8.01. The minimum Gasteiger partial charge on any atom is -0.486 e. The summed E-state index contributed by atoms with van der Waals surface area (Å²) in [6.45, 7) is 2.38. The van der Waals surface area contributed by atoms with Crippen LogP contribution in [0, 0.1) is 12.7 Å². The maximum absolute atomic E-state index is 12.9. The van der Waals surface area contributed by atoms with E-state index < -0.39 is 0 Å². The second-order valence-electron chi connectivity index (χ2n) is 5.77. The number of halogens is 2. The highest BCUT2D eigenvalue weighted by Gasteiger charge is 2.11. The van der Waals surface area contributed by atoms with Gasteiger partial charge in [0, 0.05) is 11.6 Å². The van der Waals surface area contributed by atoms with Crippen LogP contribution in [0.25, 0.3) is 0 Å². The SMILES string of the molecule is Cc1cc(OCc2ccc(C(=O)NCc3ccc(F)cc3)o2)ccc1Cl. The number of aryl methyl sites for hydroxylation is 1. The Morgan fingerprint density at radius 3 is 2.65 bits per heavy atom. The van der Waals surface area contributed by atoms with Gasteiger partial charge >= 0.3 is 0 Å². The van der Waals surface area contributed by atoms with Crippen LogP contribution in [0.2, 0.25) is 5.02 Å². The summed E-state index contributed by atoms with van der Waals surface area (Å²) in [5, 5.41) is 3.40. The van der Waals surface area contributed by atoms with Gasteiger partial charge < -0.3 is 14.5 Å². The van der Waals surface area contributed by atoms with Gasteiger partial charge in [0.1, 0.15) is 23.9 Å². The van der Waals surface area contributed by atoms with Gasteiger partial charge in [-0.05, 0) is 60.5 Å². The van der Waals surface area contributed by atoms with Gasteiger partial charge in [0.15, 0.2) is 5.76 Å². The Bertz CT molecular complexity index is 906. The molecule has 0 radical (unpaired) electrons. The maximum atomic E-state index is 12.9. The Hall–Kier alpha value is -2.79. The van der Waals surface area contributed by atoms with Gasteiger partial charge in [-0.25, -0.2) is 4.39 Å². The van der Waals surface area contributed by atoms with Gasteiger partial charge in [-0.15, -0.1) is 0 Å². The summed E-state index contributed by atoms with van der Waals surface area (Å²) >= 11 is 5.98. The standard InChI is InChI=1S/C20H17ClFNO3/c1-13-10-16(6-8-18(13)21)25-12-17-7-9-19(26-17)20(24)23-11-14-2-4-15(22)5-3-14/h2-10H,11-12H2,1H3,(H,23,24). The van der Waals surface area contributed by atoms with Crippen LogP contribution in [0.1, 0.15) is 27.4 Å². The van der Waals surface area contributed by atoms with Gasteiger partial charge in [-0.1, -0.05) is 23.7 Å². The zero-order valence-corrected chi connectivity index (χ0v) is 14.8. The van der Waals surface area contributed by atoms with Gasteiger partial charge in [0.2, 0.25) is 0 Å². The number of ether oxygens (including phenoxy) is 1. The largest absolute Gasteiger partial charge is 0.486 e. The predicted molar refractivity (Wildman–Crippen MR) is 96.8 cm³/mol. The van der Waals surface area contributed by atoms with Crippen molar-refractivity contribution in [1.29, 1.82) is 0 Å². The van der Waals surface area contributed by atoms with Crippen LogP contribution < -0.4 is 10.1 Å². The van der Waals surface area contributed by atoms with E-state index >= 15 is 0 Å². The molecule has 4 nitrogen and oxygen atoms in total. The fraction of sp³-hybridized carbons (Fsp3) is 0.150. The van der Waals surface area contributed by atoms with Crippen molar-refractivity contribution >= 4 is 17.5 Å². The molecule has 0 saturated heterocycles. The molecule has 3 aromatic rings. The fourth-order valence-electron chi connectivity index (χ4n) is 2.31. The van der Waals surface area contributed by atoms with E-state index in [1.165, 1.54) is 12.1 Å². The lowest BCUT2D eigenvalue weighted by Gasteiger charge is -2.06. The first kappa shape index (κ1) is 18.0. The monoisotopic (exact) mass is 373 g/mol. The molecule has 0 spiro atoms. The molecule has 1 N–H and O–H groups in total. The molecule has 134 valence electrons. The molecule has 0 saturated carbocycles. The smallest absolute Gasteiger partial charge is 0.287 e. The third-order valence-electron chi connectivity index (χ3n) is 3.76. The molecule has 26 heavy (non-hydrogen) atoms. The zero-order chi connectivity index (χ0) is 18.5. The molecule has 2 aromatic carbocycles. The second-order valence-corrected chi connectivity index (χ2v) is 6.18. The summed E-state index contributed by atoms with van der Waals surface area (Å²) in [7, 11) is 0. The van der Waals surface area contributed by atoms with Crippen LogP contribution in [-0.2, 0) is 13.2 Å². The minimum absolute atomic E-state index is 0.193. The molecule has 0 aliphatic rings. The molecule has 1 aromatic heterocycles. The Morgan fingerprint density at radius 2 is 1.92 bits per heavy atom. The fourth-order valence-corrected chi connectivity index (χ4v) is 2.43. The molecule has 6 heteroatoms. The number of hydrogen-bond acceptors (Lipinski definition) is 3. The molecule has 0 aliphatic carbocycles. The van der Waals surface area contributed by atoms with Gasteiger partial charge in [0.25, 0.3) is 5.91 Å². The molecule has 0 bridgehead atoms. The van der Waals surface area contributed by atoms with E-state index in [2.05, 4.69) is 5.32 Å². The van der Waals surface area contributed by atoms with Gasteiger partial charge in [-0.2, -0.15) is 0 Å². The zero-order valence-electron chi connectivity index (χ0n) is 14.1. The summed E-state index contributed by atoms with van der Waals surface area (Å²) < 4.78 is 24.0. The van der Waals surface area contributed by atoms with Gasteiger partial charge in [0.05, 0.1) is 0 Å². The van der Waals surface area contributed by atoms with Crippen molar-refractivity contribution in [2.45, 2.75) is 20.1 Å². The highest BCUT2D eigenvalue weighted by atomic mass is 35.5. The number of amides is 1. The highest BCUT2D eigenvalue weighted by molar-refractivity contribution is 6.31. The summed E-state index contributed by atoms with van der Waals surface area (Å²) in [5.74, 6) is 0.739. The maximum Gasteiger partial charge on any atom is 0.287 e. The number of nitrogens with one attached hydrogen (secondary N) is 1. The van der Waals surface area contributed by atoms with E-state index in [9.17, 15) is 9.18 Å². The first-order chi connectivity index (χ1) is 12.5. The van der Waals surface area contributed by atoms with Crippen LogP contribution in [0.5, 0.6) is 5.75 Å². The van der Waals surface area contributed by atoms with E-state index in [0.29, 0.717) is 16.5 Å². The van der Waals surface area contributed by atoms with E-state index in [0.717, 1.165) is 11.1 Å². The Labute approximate surface area is 155 Å². The Morgan fingerprint density at radius 1 is 1.15 bits per heavy atom. The average Bonchev–Trinajstić information content (AvgIpc) is 3.11. The van der Waals surface area contributed by atoms with Crippen molar-refractivity contribution in [2.75, 3.05) is 0 Å². The number of hydrogen-bond donors (Lipinski definition) is 1. The van der Waals surface area contributed by atoms with Crippen molar-refractivity contribution in [2.24, 2.45) is 0 Å². The van der Waals surface area contributed by atoms with E-state index in [4.69, 9.17) is 20.8 Å². The Balaban J connectivity index is 1.54. The number of carbonyl (C=O) groups excluding carboxylic acids is 1. The molecular weight excluding hydrogens is 357 g/mol. The quantitative estimate of drug-likeness (QED) is 0.669. The average molecular weight is 374 g/mol. The number of furan rings is 1. The number of benzene rings is 2. The molecule has 1 heterocycles.